The molecular weight excluding hydrogens is 272 g/mol. The molecule has 6 heteroatoms. The maximum absolute atomic E-state index is 12.3. The van der Waals surface area contributed by atoms with E-state index in [-0.39, 0.29) is 36.7 Å². The van der Waals surface area contributed by atoms with E-state index >= 15 is 0 Å². The second-order valence-electron chi connectivity index (χ2n) is 5.66. The first-order valence-corrected chi connectivity index (χ1v) is 7.88. The summed E-state index contributed by atoms with van der Waals surface area (Å²) in [6.07, 6.45) is 5.63. The third kappa shape index (κ3) is 4.03. The van der Waals surface area contributed by atoms with Crippen LogP contribution in [0.5, 0.6) is 0 Å². The number of hydrogen-bond acceptors (Lipinski definition) is 5. The van der Waals surface area contributed by atoms with Crippen molar-refractivity contribution >= 4 is 17.8 Å². The average Bonchev–Trinajstić information content (AvgIpc) is 2.75. The predicted molar refractivity (Wildman–Crippen MR) is 76.4 cm³/mol. The van der Waals surface area contributed by atoms with Gasteiger partial charge in [0.2, 0.25) is 11.8 Å². The van der Waals surface area contributed by atoms with Crippen LogP contribution in [0.15, 0.2) is 0 Å². The lowest BCUT2D eigenvalue weighted by Gasteiger charge is -2.29. The van der Waals surface area contributed by atoms with Crippen LogP contribution in [0.25, 0.3) is 0 Å². The van der Waals surface area contributed by atoms with Crippen molar-refractivity contribution in [2.24, 2.45) is 0 Å². The molecule has 0 aromatic rings. The van der Waals surface area contributed by atoms with Gasteiger partial charge in [-0.3, -0.25) is 19.3 Å². The summed E-state index contributed by atoms with van der Waals surface area (Å²) in [5.74, 6) is -0.498. The summed E-state index contributed by atoms with van der Waals surface area (Å²) in [4.78, 5) is 37.1. The van der Waals surface area contributed by atoms with Gasteiger partial charge in [0, 0.05) is 12.6 Å². The molecule has 1 N–H and O–H groups in total. The lowest BCUT2D eigenvalue weighted by atomic mass is 9.94. The number of esters is 1. The van der Waals surface area contributed by atoms with Gasteiger partial charge in [-0.25, -0.2) is 0 Å². The van der Waals surface area contributed by atoms with Crippen LogP contribution in [0.4, 0.5) is 0 Å². The van der Waals surface area contributed by atoms with Crippen LogP contribution in [0.1, 0.15) is 51.9 Å². The Kier molecular flexibility index (Phi) is 5.73. The van der Waals surface area contributed by atoms with Crippen LogP contribution in [0, 0.1) is 0 Å². The third-order valence-corrected chi connectivity index (χ3v) is 4.15. The Morgan fingerprint density at radius 2 is 2.00 bits per heavy atom. The fourth-order valence-electron chi connectivity index (χ4n) is 3.11. The van der Waals surface area contributed by atoms with Gasteiger partial charge in [-0.2, -0.15) is 0 Å². The lowest BCUT2D eigenvalue weighted by molar-refractivity contribution is -0.144. The minimum absolute atomic E-state index is 0.0793. The molecule has 0 spiro atoms. The molecule has 1 atom stereocenters. The zero-order chi connectivity index (χ0) is 15.2. The quantitative estimate of drug-likeness (QED) is 0.584. The molecule has 118 valence electrons. The van der Waals surface area contributed by atoms with Gasteiger partial charge in [-0.1, -0.05) is 19.3 Å². The Labute approximate surface area is 125 Å². The fourth-order valence-corrected chi connectivity index (χ4v) is 3.11. The predicted octanol–water partition coefficient (Wildman–Crippen LogP) is 0.989. The molecule has 2 fully saturated rings. The third-order valence-electron chi connectivity index (χ3n) is 4.15. The number of nitrogens with zero attached hydrogens (tertiary/aromatic N) is 1. The first-order chi connectivity index (χ1) is 10.1. The van der Waals surface area contributed by atoms with E-state index in [0.29, 0.717) is 13.2 Å². The minimum Gasteiger partial charge on any atom is -0.466 e. The number of likely N-dealkylation sites (tertiary alicyclic amines) is 1. The Hall–Kier alpha value is -1.43. The molecule has 21 heavy (non-hydrogen) atoms. The van der Waals surface area contributed by atoms with Crippen molar-refractivity contribution < 1.29 is 19.1 Å². The molecular formula is C15H24N2O4. The number of rotatable bonds is 6. The number of hydrogen-bond donors (Lipinski definition) is 1. The second-order valence-corrected chi connectivity index (χ2v) is 5.66. The Morgan fingerprint density at radius 1 is 1.29 bits per heavy atom. The molecule has 1 heterocycles. The van der Waals surface area contributed by atoms with Crippen molar-refractivity contribution in [3.05, 3.63) is 0 Å². The monoisotopic (exact) mass is 296 g/mol. The number of ether oxygens (including phenoxy) is 1. The van der Waals surface area contributed by atoms with Crippen molar-refractivity contribution in [2.75, 3.05) is 13.2 Å². The zero-order valence-electron chi connectivity index (χ0n) is 12.6. The number of amides is 2. The van der Waals surface area contributed by atoms with Crippen LogP contribution in [-0.4, -0.2) is 47.9 Å². The van der Waals surface area contributed by atoms with Gasteiger partial charge in [0.15, 0.2) is 0 Å². The number of nitrogens with one attached hydrogen (secondary N) is 1. The van der Waals surface area contributed by atoms with Crippen LogP contribution in [0.3, 0.4) is 0 Å². The highest BCUT2D eigenvalue weighted by Crippen LogP contribution is 2.27. The van der Waals surface area contributed by atoms with E-state index in [1.54, 1.807) is 6.92 Å². The maximum Gasteiger partial charge on any atom is 0.307 e. The summed E-state index contributed by atoms with van der Waals surface area (Å²) in [5.41, 5.74) is 0. The van der Waals surface area contributed by atoms with Gasteiger partial charge in [0.25, 0.3) is 0 Å². The molecule has 1 saturated heterocycles. The SMILES string of the molecule is CCOC(=O)CCNC1CC(=O)N(C2CCCCC2)C1=O. The molecule has 2 aliphatic rings. The molecule has 2 rings (SSSR count). The Balaban J connectivity index is 1.81. The average molecular weight is 296 g/mol. The van der Waals surface area contributed by atoms with E-state index in [9.17, 15) is 14.4 Å². The van der Waals surface area contributed by atoms with Crippen molar-refractivity contribution in [1.82, 2.24) is 10.2 Å². The lowest BCUT2D eigenvalue weighted by Crippen LogP contribution is -2.45. The number of carbonyl (C=O) groups excluding carboxylic acids is 3. The summed E-state index contributed by atoms with van der Waals surface area (Å²) in [7, 11) is 0. The standard InChI is InChI=1S/C15H24N2O4/c1-2-21-14(19)8-9-16-12-10-13(18)17(15(12)20)11-6-4-3-5-7-11/h11-12,16H,2-10H2,1H3. The van der Waals surface area contributed by atoms with Gasteiger partial charge in [-0.15, -0.1) is 0 Å². The van der Waals surface area contributed by atoms with E-state index in [2.05, 4.69) is 5.32 Å². The van der Waals surface area contributed by atoms with E-state index in [4.69, 9.17) is 4.74 Å². The van der Waals surface area contributed by atoms with Gasteiger partial charge in [0.05, 0.1) is 25.5 Å². The topological polar surface area (TPSA) is 75.7 Å². The van der Waals surface area contributed by atoms with Crippen molar-refractivity contribution in [1.29, 1.82) is 0 Å². The molecule has 2 amide bonds. The molecule has 1 unspecified atom stereocenters. The molecule has 0 aromatic heterocycles. The second kappa shape index (κ2) is 7.54. The first-order valence-electron chi connectivity index (χ1n) is 7.88. The molecule has 1 aliphatic carbocycles. The summed E-state index contributed by atoms with van der Waals surface area (Å²) >= 11 is 0. The molecule has 0 radical (unpaired) electrons. The molecule has 1 aliphatic heterocycles. The highest BCUT2D eigenvalue weighted by Gasteiger charge is 2.42. The molecule has 0 aromatic carbocycles. The maximum atomic E-state index is 12.3. The highest BCUT2D eigenvalue weighted by atomic mass is 16.5. The van der Waals surface area contributed by atoms with Crippen LogP contribution in [-0.2, 0) is 19.1 Å². The number of imide groups is 1. The van der Waals surface area contributed by atoms with Crippen molar-refractivity contribution in [3.63, 3.8) is 0 Å². The summed E-state index contributed by atoms with van der Waals surface area (Å²) in [5, 5.41) is 3.01. The fraction of sp³-hybridized carbons (Fsp3) is 0.800. The molecule has 6 nitrogen and oxygen atoms in total. The summed E-state index contributed by atoms with van der Waals surface area (Å²) in [6, 6.07) is -0.399. The van der Waals surface area contributed by atoms with E-state index < -0.39 is 6.04 Å². The van der Waals surface area contributed by atoms with Gasteiger partial charge >= 0.3 is 5.97 Å². The largest absolute Gasteiger partial charge is 0.466 e. The number of carbonyl (C=O) groups is 3. The smallest absolute Gasteiger partial charge is 0.307 e. The van der Waals surface area contributed by atoms with Crippen LogP contribution < -0.4 is 5.32 Å². The van der Waals surface area contributed by atoms with Gasteiger partial charge < -0.3 is 10.1 Å². The Bertz CT molecular complexity index is 404. The zero-order valence-corrected chi connectivity index (χ0v) is 12.6. The highest BCUT2D eigenvalue weighted by molar-refractivity contribution is 6.05. The minimum atomic E-state index is -0.478. The van der Waals surface area contributed by atoms with E-state index in [1.165, 1.54) is 11.3 Å². The first kappa shape index (κ1) is 15.9. The normalized spacial score (nSPS) is 23.7. The molecule has 0 bridgehead atoms. The summed E-state index contributed by atoms with van der Waals surface area (Å²) < 4.78 is 4.83. The van der Waals surface area contributed by atoms with Crippen LogP contribution in [0.2, 0.25) is 0 Å². The Morgan fingerprint density at radius 3 is 2.67 bits per heavy atom. The van der Waals surface area contributed by atoms with E-state index in [1.807, 2.05) is 0 Å². The summed E-state index contributed by atoms with van der Waals surface area (Å²) in [6.45, 7) is 2.47. The van der Waals surface area contributed by atoms with Crippen LogP contribution >= 0.6 is 0 Å². The molecule has 1 saturated carbocycles. The van der Waals surface area contributed by atoms with Gasteiger partial charge in [0.1, 0.15) is 0 Å². The van der Waals surface area contributed by atoms with Gasteiger partial charge in [-0.05, 0) is 19.8 Å². The van der Waals surface area contributed by atoms with Crippen molar-refractivity contribution in [2.45, 2.75) is 64.0 Å². The van der Waals surface area contributed by atoms with E-state index in [0.717, 1.165) is 25.7 Å². The van der Waals surface area contributed by atoms with Crippen molar-refractivity contribution in [3.8, 4) is 0 Å².